The summed E-state index contributed by atoms with van der Waals surface area (Å²) >= 11 is 1.58. The molecule has 0 fully saturated rings. The number of benzene rings is 4. The normalized spacial score (nSPS) is 10.8. The summed E-state index contributed by atoms with van der Waals surface area (Å²) in [6, 6.07) is 29.9. The van der Waals surface area contributed by atoms with Gasteiger partial charge in [0.2, 0.25) is 0 Å². The van der Waals surface area contributed by atoms with E-state index in [1.165, 1.54) is 5.56 Å². The number of rotatable bonds is 6. The van der Waals surface area contributed by atoms with Crippen LogP contribution in [0.15, 0.2) is 91.0 Å². The van der Waals surface area contributed by atoms with Gasteiger partial charge < -0.3 is 4.74 Å². The molecule has 0 atom stereocenters. The van der Waals surface area contributed by atoms with Crippen LogP contribution in [0.5, 0.6) is 5.75 Å². The van der Waals surface area contributed by atoms with Crippen molar-refractivity contribution in [3.63, 3.8) is 0 Å². The Balaban J connectivity index is 1.33. The molecule has 3 heteroatoms. The summed E-state index contributed by atoms with van der Waals surface area (Å²) in [5.74, 6) is 7.07. The van der Waals surface area contributed by atoms with Gasteiger partial charge in [0.15, 0.2) is 0 Å². The van der Waals surface area contributed by atoms with E-state index in [9.17, 15) is 0 Å². The van der Waals surface area contributed by atoms with E-state index >= 15 is 4.39 Å². The van der Waals surface area contributed by atoms with Crippen molar-refractivity contribution in [3.8, 4) is 39.2 Å². The molecule has 5 rings (SSSR count). The molecule has 0 aliphatic heterocycles. The molecule has 1 aromatic heterocycles. The Morgan fingerprint density at radius 1 is 0.750 bits per heavy atom. The molecule has 36 heavy (non-hydrogen) atoms. The standard InChI is InChI=1S/C33H27FOS/c1-3-5-23-6-8-24(9-7-23)10-11-25-12-14-26(15-13-25)27-17-19-30(31(34)20-27)33-21-28-16-18-29(35-4-2)22-32(28)36-33/h6-9,12-22H,3-5H2,1-2H3. The summed E-state index contributed by atoms with van der Waals surface area (Å²) in [4.78, 5) is 0.913. The number of fused-ring (bicyclic) bond motifs is 1. The number of hydrogen-bond donors (Lipinski definition) is 0. The maximum absolute atomic E-state index is 15.2. The minimum Gasteiger partial charge on any atom is -0.494 e. The van der Waals surface area contributed by atoms with Crippen LogP contribution in [0.2, 0.25) is 0 Å². The van der Waals surface area contributed by atoms with Crippen molar-refractivity contribution in [2.75, 3.05) is 6.61 Å². The second kappa shape index (κ2) is 10.8. The highest BCUT2D eigenvalue weighted by atomic mass is 32.1. The van der Waals surface area contributed by atoms with Crippen LogP contribution in [-0.4, -0.2) is 6.61 Å². The third kappa shape index (κ3) is 5.35. The minimum absolute atomic E-state index is 0.223. The average molecular weight is 491 g/mol. The highest BCUT2D eigenvalue weighted by molar-refractivity contribution is 7.22. The summed E-state index contributed by atoms with van der Waals surface area (Å²) in [6.45, 7) is 4.78. The molecule has 0 saturated heterocycles. The van der Waals surface area contributed by atoms with Crippen molar-refractivity contribution in [2.24, 2.45) is 0 Å². The van der Waals surface area contributed by atoms with Crippen LogP contribution in [0.25, 0.3) is 31.7 Å². The van der Waals surface area contributed by atoms with Crippen LogP contribution in [0.4, 0.5) is 4.39 Å². The molecule has 0 radical (unpaired) electrons. The highest BCUT2D eigenvalue weighted by Crippen LogP contribution is 2.37. The molecule has 0 unspecified atom stereocenters. The summed E-state index contributed by atoms with van der Waals surface area (Å²) in [5, 5.41) is 1.09. The molecular weight excluding hydrogens is 463 g/mol. The predicted molar refractivity (Wildman–Crippen MR) is 150 cm³/mol. The van der Waals surface area contributed by atoms with Crippen LogP contribution < -0.4 is 4.74 Å². The van der Waals surface area contributed by atoms with Gasteiger partial charge in [0, 0.05) is 26.3 Å². The Bertz CT molecular complexity index is 1550. The van der Waals surface area contributed by atoms with Crippen molar-refractivity contribution in [1.82, 2.24) is 0 Å². The lowest BCUT2D eigenvalue weighted by Gasteiger charge is -2.06. The number of hydrogen-bond acceptors (Lipinski definition) is 2. The van der Waals surface area contributed by atoms with E-state index in [1.54, 1.807) is 17.4 Å². The van der Waals surface area contributed by atoms with Crippen LogP contribution >= 0.6 is 11.3 Å². The second-order valence-electron chi connectivity index (χ2n) is 8.71. The Labute approximate surface area is 216 Å². The maximum atomic E-state index is 15.2. The van der Waals surface area contributed by atoms with E-state index in [-0.39, 0.29) is 5.82 Å². The Morgan fingerprint density at radius 3 is 2.11 bits per heavy atom. The monoisotopic (exact) mass is 490 g/mol. The van der Waals surface area contributed by atoms with Crippen molar-refractivity contribution in [1.29, 1.82) is 0 Å². The van der Waals surface area contributed by atoms with Gasteiger partial charge in [-0.3, -0.25) is 0 Å². The lowest BCUT2D eigenvalue weighted by atomic mass is 10.0. The molecule has 0 saturated carbocycles. The van der Waals surface area contributed by atoms with Crippen molar-refractivity contribution < 1.29 is 9.13 Å². The van der Waals surface area contributed by atoms with Gasteiger partial charge >= 0.3 is 0 Å². The van der Waals surface area contributed by atoms with Gasteiger partial charge in [-0.2, -0.15) is 0 Å². The van der Waals surface area contributed by atoms with E-state index in [0.717, 1.165) is 55.8 Å². The first-order valence-corrected chi connectivity index (χ1v) is 13.1. The van der Waals surface area contributed by atoms with Crippen molar-refractivity contribution in [2.45, 2.75) is 26.7 Å². The largest absolute Gasteiger partial charge is 0.494 e. The molecule has 1 nitrogen and oxygen atoms in total. The first kappa shape index (κ1) is 23.9. The number of thiophene rings is 1. The number of halogens is 1. The fourth-order valence-corrected chi connectivity index (χ4v) is 5.35. The molecule has 0 spiro atoms. The van der Waals surface area contributed by atoms with Gasteiger partial charge in [0.25, 0.3) is 0 Å². The molecular formula is C33H27FOS. The molecule has 0 aliphatic carbocycles. The van der Waals surface area contributed by atoms with Gasteiger partial charge in [0.1, 0.15) is 11.6 Å². The van der Waals surface area contributed by atoms with Crippen LogP contribution in [0, 0.1) is 17.7 Å². The van der Waals surface area contributed by atoms with Crippen molar-refractivity contribution in [3.05, 3.63) is 114 Å². The summed E-state index contributed by atoms with van der Waals surface area (Å²) < 4.78 is 21.9. The quantitative estimate of drug-likeness (QED) is 0.216. The third-order valence-electron chi connectivity index (χ3n) is 6.10. The third-order valence-corrected chi connectivity index (χ3v) is 7.23. The van der Waals surface area contributed by atoms with Crippen LogP contribution in [0.1, 0.15) is 37.0 Å². The zero-order chi connectivity index (χ0) is 24.9. The summed E-state index contributed by atoms with van der Waals surface area (Å²) in [6.07, 6.45) is 2.24. The predicted octanol–water partition coefficient (Wildman–Crippen LogP) is 9.13. The topological polar surface area (TPSA) is 9.23 Å². The molecule has 5 aromatic rings. The van der Waals surface area contributed by atoms with E-state index < -0.39 is 0 Å². The van der Waals surface area contributed by atoms with E-state index in [1.807, 2.05) is 67.6 Å². The van der Waals surface area contributed by atoms with E-state index in [0.29, 0.717) is 12.2 Å². The Kier molecular flexibility index (Phi) is 7.16. The van der Waals surface area contributed by atoms with Gasteiger partial charge in [-0.25, -0.2) is 4.39 Å². The van der Waals surface area contributed by atoms with Crippen LogP contribution in [-0.2, 0) is 6.42 Å². The van der Waals surface area contributed by atoms with E-state index in [2.05, 4.69) is 43.0 Å². The lowest BCUT2D eigenvalue weighted by Crippen LogP contribution is -1.89. The number of aryl methyl sites for hydroxylation is 1. The summed E-state index contributed by atoms with van der Waals surface area (Å²) in [7, 11) is 0. The Morgan fingerprint density at radius 2 is 1.44 bits per heavy atom. The van der Waals surface area contributed by atoms with Gasteiger partial charge in [-0.05, 0) is 96.1 Å². The van der Waals surface area contributed by atoms with Crippen LogP contribution in [0.3, 0.4) is 0 Å². The average Bonchev–Trinajstić information content (AvgIpc) is 3.32. The first-order valence-electron chi connectivity index (χ1n) is 12.3. The van der Waals surface area contributed by atoms with E-state index in [4.69, 9.17) is 4.74 Å². The molecule has 0 aliphatic rings. The minimum atomic E-state index is -0.223. The van der Waals surface area contributed by atoms with Gasteiger partial charge in [-0.15, -0.1) is 11.3 Å². The zero-order valence-electron chi connectivity index (χ0n) is 20.5. The van der Waals surface area contributed by atoms with Crippen molar-refractivity contribution >= 4 is 21.4 Å². The van der Waals surface area contributed by atoms with Gasteiger partial charge in [0.05, 0.1) is 6.61 Å². The SMILES string of the molecule is CCCc1ccc(C#Cc2ccc(-c3ccc(-c4cc5ccc(OCC)cc5s4)c(F)c3)cc2)cc1. The van der Waals surface area contributed by atoms with Gasteiger partial charge in [-0.1, -0.05) is 55.5 Å². The maximum Gasteiger partial charge on any atom is 0.132 e. The lowest BCUT2D eigenvalue weighted by molar-refractivity contribution is 0.341. The number of ether oxygens (including phenoxy) is 1. The molecule has 0 N–H and O–H groups in total. The summed E-state index contributed by atoms with van der Waals surface area (Å²) in [5.41, 5.74) is 5.71. The Hall–Kier alpha value is -3.87. The zero-order valence-corrected chi connectivity index (χ0v) is 21.3. The second-order valence-corrected chi connectivity index (χ2v) is 9.80. The fraction of sp³-hybridized carbons (Fsp3) is 0.152. The highest BCUT2D eigenvalue weighted by Gasteiger charge is 2.11. The smallest absolute Gasteiger partial charge is 0.132 e. The molecule has 178 valence electrons. The molecule has 0 amide bonds. The molecule has 4 aromatic carbocycles. The molecule has 0 bridgehead atoms. The fourth-order valence-electron chi connectivity index (χ4n) is 4.23. The first-order chi connectivity index (χ1) is 17.6. The molecule has 1 heterocycles.